The Morgan fingerprint density at radius 1 is 1.00 bits per heavy atom. The number of nitrogens with one attached hydrogen (secondary N) is 1. The first-order valence-electron chi connectivity index (χ1n) is 12.2. The van der Waals surface area contributed by atoms with Crippen molar-refractivity contribution in [2.24, 2.45) is 5.73 Å². The van der Waals surface area contributed by atoms with Crippen LogP contribution in [0.4, 0.5) is 23.0 Å². The molecule has 2 saturated heterocycles. The van der Waals surface area contributed by atoms with Crippen LogP contribution < -0.4 is 20.9 Å². The van der Waals surface area contributed by atoms with Gasteiger partial charge in [-0.05, 0) is 69.2 Å². The van der Waals surface area contributed by atoms with Crippen molar-refractivity contribution < 1.29 is 9.53 Å². The highest BCUT2D eigenvalue weighted by Crippen LogP contribution is 2.29. The number of amides is 1. The minimum absolute atomic E-state index is 0.224. The molecule has 35 heavy (non-hydrogen) atoms. The Kier molecular flexibility index (Phi) is 6.55. The first-order valence-corrected chi connectivity index (χ1v) is 12.2. The molecule has 0 aliphatic carbocycles. The lowest BCUT2D eigenvalue weighted by molar-refractivity contribution is -0.119. The number of aromatic nitrogens is 2. The van der Waals surface area contributed by atoms with Gasteiger partial charge in [0.25, 0.3) is 0 Å². The molecule has 5 rings (SSSR count). The first kappa shape index (κ1) is 23.1. The van der Waals surface area contributed by atoms with E-state index in [-0.39, 0.29) is 24.2 Å². The molecule has 2 fully saturated rings. The maximum absolute atomic E-state index is 11.7. The predicted molar refractivity (Wildman–Crippen MR) is 139 cm³/mol. The Hall–Kier alpha value is -3.65. The van der Waals surface area contributed by atoms with Crippen molar-refractivity contribution in [1.82, 2.24) is 9.97 Å². The second kappa shape index (κ2) is 9.92. The third-order valence-electron chi connectivity index (χ3n) is 6.64. The van der Waals surface area contributed by atoms with Crippen molar-refractivity contribution in [3.05, 3.63) is 60.8 Å². The van der Waals surface area contributed by atoms with Crippen LogP contribution in [0.25, 0.3) is 11.3 Å². The molecule has 2 aliphatic heterocycles. The van der Waals surface area contributed by atoms with Crippen molar-refractivity contribution >= 4 is 28.9 Å². The van der Waals surface area contributed by atoms with Gasteiger partial charge < -0.3 is 25.6 Å². The van der Waals surface area contributed by atoms with E-state index in [1.54, 1.807) is 6.20 Å². The molecule has 3 N–H and O–H groups in total. The fourth-order valence-corrected chi connectivity index (χ4v) is 5.05. The van der Waals surface area contributed by atoms with Crippen LogP contribution in [0.1, 0.15) is 26.7 Å². The number of nitrogens with zero attached hydrogens (tertiary/aromatic N) is 4. The van der Waals surface area contributed by atoms with Gasteiger partial charge in [-0.1, -0.05) is 12.1 Å². The van der Waals surface area contributed by atoms with Gasteiger partial charge in [0.1, 0.15) is 6.04 Å². The molecular formula is C27H32N6O2. The van der Waals surface area contributed by atoms with Crippen LogP contribution >= 0.6 is 0 Å². The van der Waals surface area contributed by atoms with Crippen molar-refractivity contribution in [3.8, 4) is 11.3 Å². The number of primary amides is 1. The van der Waals surface area contributed by atoms with Crippen molar-refractivity contribution in [2.75, 3.05) is 34.8 Å². The van der Waals surface area contributed by atoms with Crippen molar-refractivity contribution in [2.45, 2.75) is 44.9 Å². The summed E-state index contributed by atoms with van der Waals surface area (Å²) in [6, 6.07) is 18.1. The molecule has 8 heteroatoms. The third kappa shape index (κ3) is 5.22. The summed E-state index contributed by atoms with van der Waals surface area (Å²) in [6.45, 7) is 6.85. The van der Waals surface area contributed by atoms with E-state index >= 15 is 0 Å². The smallest absolute Gasteiger partial charge is 0.240 e. The van der Waals surface area contributed by atoms with Crippen LogP contribution in [0, 0.1) is 0 Å². The van der Waals surface area contributed by atoms with Crippen LogP contribution in [-0.4, -0.2) is 53.8 Å². The molecule has 3 atom stereocenters. The molecule has 1 amide bonds. The predicted octanol–water partition coefficient (Wildman–Crippen LogP) is 3.95. The van der Waals surface area contributed by atoms with Gasteiger partial charge in [-0.15, -0.1) is 0 Å². The van der Waals surface area contributed by atoms with Gasteiger partial charge in [-0.3, -0.25) is 4.79 Å². The summed E-state index contributed by atoms with van der Waals surface area (Å²) in [6.07, 6.45) is 3.99. The zero-order valence-electron chi connectivity index (χ0n) is 20.2. The van der Waals surface area contributed by atoms with Gasteiger partial charge in [0.05, 0.1) is 17.9 Å². The van der Waals surface area contributed by atoms with E-state index in [0.29, 0.717) is 5.95 Å². The molecule has 2 aliphatic rings. The minimum atomic E-state index is -0.264. The van der Waals surface area contributed by atoms with Gasteiger partial charge in [0.2, 0.25) is 11.9 Å². The molecule has 3 heterocycles. The zero-order chi connectivity index (χ0) is 24.4. The molecule has 2 aromatic carbocycles. The monoisotopic (exact) mass is 472 g/mol. The number of carbonyl (C=O) groups is 1. The average molecular weight is 473 g/mol. The van der Waals surface area contributed by atoms with E-state index in [9.17, 15) is 4.79 Å². The van der Waals surface area contributed by atoms with Crippen LogP contribution in [0.3, 0.4) is 0 Å². The highest BCUT2D eigenvalue weighted by Gasteiger charge is 2.29. The maximum Gasteiger partial charge on any atom is 0.240 e. The quantitative estimate of drug-likeness (QED) is 0.561. The summed E-state index contributed by atoms with van der Waals surface area (Å²) in [5.41, 5.74) is 10.5. The lowest BCUT2D eigenvalue weighted by Crippen LogP contribution is -2.45. The number of hydrogen-bond donors (Lipinski definition) is 2. The summed E-state index contributed by atoms with van der Waals surface area (Å²) in [4.78, 5) is 25.3. The van der Waals surface area contributed by atoms with Crippen LogP contribution in [0.5, 0.6) is 0 Å². The Morgan fingerprint density at radius 2 is 1.69 bits per heavy atom. The third-order valence-corrected chi connectivity index (χ3v) is 6.64. The maximum atomic E-state index is 11.7. The summed E-state index contributed by atoms with van der Waals surface area (Å²) in [5, 5.41) is 3.31. The number of anilines is 4. The Morgan fingerprint density at radius 3 is 2.37 bits per heavy atom. The molecule has 0 radical (unpaired) electrons. The van der Waals surface area contributed by atoms with E-state index in [1.165, 1.54) is 5.69 Å². The largest absolute Gasteiger partial charge is 0.372 e. The van der Waals surface area contributed by atoms with Crippen LogP contribution in [-0.2, 0) is 9.53 Å². The fourth-order valence-electron chi connectivity index (χ4n) is 5.05. The molecule has 8 nitrogen and oxygen atoms in total. The lowest BCUT2D eigenvalue weighted by Gasteiger charge is -2.36. The number of morpholine rings is 1. The highest BCUT2D eigenvalue weighted by molar-refractivity contribution is 5.84. The van der Waals surface area contributed by atoms with Gasteiger partial charge in [0.15, 0.2) is 0 Å². The van der Waals surface area contributed by atoms with E-state index in [1.807, 2.05) is 30.3 Å². The summed E-state index contributed by atoms with van der Waals surface area (Å²) in [5.74, 6) is 0.279. The second-order valence-electron chi connectivity index (χ2n) is 9.40. The molecule has 3 aromatic rings. The number of ether oxygens (including phenoxy) is 1. The molecule has 0 bridgehead atoms. The standard InChI is InChI=1S/C27H32N6O2/c1-18-16-32(17-19(2)35-18)22-11-7-21(8-12-22)30-27-29-14-13-24(31-27)20-5-9-23(10-6-20)33-15-3-4-25(33)26(28)34/h5-14,18-19,25H,3-4,15-17H2,1-2H3,(H2,28,34)(H,29,30,31)/t18-,19+,25-/m1/s1. The van der Waals surface area contributed by atoms with Crippen molar-refractivity contribution in [1.29, 1.82) is 0 Å². The average Bonchev–Trinajstić information content (AvgIpc) is 3.35. The highest BCUT2D eigenvalue weighted by atomic mass is 16.5. The number of rotatable bonds is 6. The van der Waals surface area contributed by atoms with Gasteiger partial charge in [0, 0.05) is 48.5 Å². The molecule has 0 unspecified atom stereocenters. The first-order chi connectivity index (χ1) is 17.0. The van der Waals surface area contributed by atoms with Gasteiger partial charge in [-0.2, -0.15) is 0 Å². The Balaban J connectivity index is 1.27. The van der Waals surface area contributed by atoms with Gasteiger partial charge in [-0.25, -0.2) is 9.97 Å². The molecule has 0 spiro atoms. The number of hydrogen-bond acceptors (Lipinski definition) is 7. The molecular weight excluding hydrogens is 440 g/mol. The van der Waals surface area contributed by atoms with E-state index in [0.717, 1.165) is 55.1 Å². The number of benzene rings is 2. The molecule has 0 saturated carbocycles. The summed E-state index contributed by atoms with van der Waals surface area (Å²) >= 11 is 0. The summed E-state index contributed by atoms with van der Waals surface area (Å²) in [7, 11) is 0. The van der Waals surface area contributed by atoms with Crippen LogP contribution in [0.2, 0.25) is 0 Å². The van der Waals surface area contributed by atoms with Crippen LogP contribution in [0.15, 0.2) is 60.8 Å². The Bertz CT molecular complexity index is 1160. The zero-order valence-corrected chi connectivity index (χ0v) is 20.2. The topological polar surface area (TPSA) is 96.6 Å². The molecule has 1 aromatic heterocycles. The van der Waals surface area contributed by atoms with Crippen molar-refractivity contribution in [3.63, 3.8) is 0 Å². The molecule has 182 valence electrons. The second-order valence-corrected chi connectivity index (χ2v) is 9.40. The summed E-state index contributed by atoms with van der Waals surface area (Å²) < 4.78 is 5.84. The number of nitrogens with two attached hydrogens (primary N) is 1. The number of carbonyl (C=O) groups excluding carboxylic acids is 1. The SMILES string of the molecule is C[C@@H]1CN(c2ccc(Nc3nccc(-c4ccc(N5CCC[C@@H]5C(N)=O)cc4)n3)cc2)C[C@H](C)O1. The Labute approximate surface area is 206 Å². The van der Waals surface area contributed by atoms with E-state index in [2.05, 4.69) is 58.2 Å². The normalized spacial score (nSPS) is 22.3. The van der Waals surface area contributed by atoms with Gasteiger partial charge >= 0.3 is 0 Å². The van der Waals surface area contributed by atoms with E-state index in [4.69, 9.17) is 15.5 Å². The fraction of sp³-hybridized carbons (Fsp3) is 0.370. The minimum Gasteiger partial charge on any atom is -0.372 e. The van der Waals surface area contributed by atoms with E-state index < -0.39 is 0 Å². The lowest BCUT2D eigenvalue weighted by atomic mass is 10.1.